The van der Waals surface area contributed by atoms with Gasteiger partial charge in [-0.3, -0.25) is 4.79 Å². The second-order valence-electron chi connectivity index (χ2n) is 5.58. The highest BCUT2D eigenvalue weighted by Gasteiger charge is 2.16. The number of carboxylic acid groups (broad SMARTS) is 1. The van der Waals surface area contributed by atoms with E-state index in [2.05, 4.69) is 10.6 Å². The van der Waals surface area contributed by atoms with E-state index >= 15 is 0 Å². The zero-order valence-electron chi connectivity index (χ0n) is 12.9. The summed E-state index contributed by atoms with van der Waals surface area (Å²) < 4.78 is 12.9. The van der Waals surface area contributed by atoms with Crippen LogP contribution in [0.5, 0.6) is 0 Å². The highest BCUT2D eigenvalue weighted by atomic mass is 19.1. The van der Waals surface area contributed by atoms with Crippen LogP contribution < -0.4 is 10.6 Å². The van der Waals surface area contributed by atoms with Crippen LogP contribution in [0.1, 0.15) is 32.3 Å². The number of carbonyl (C=O) groups excluding carboxylic acids is 1. The van der Waals surface area contributed by atoms with Gasteiger partial charge >= 0.3 is 12.0 Å². The fourth-order valence-electron chi connectivity index (χ4n) is 1.99. The lowest BCUT2D eigenvalue weighted by Crippen LogP contribution is -2.45. The van der Waals surface area contributed by atoms with E-state index in [9.17, 15) is 14.0 Å². The molecule has 1 aromatic carbocycles. The molecule has 1 rings (SSSR count). The van der Waals surface area contributed by atoms with Crippen LogP contribution >= 0.6 is 0 Å². The van der Waals surface area contributed by atoms with Gasteiger partial charge in [-0.05, 0) is 36.5 Å². The van der Waals surface area contributed by atoms with Crippen molar-refractivity contribution >= 4 is 12.0 Å². The average molecular weight is 310 g/mol. The van der Waals surface area contributed by atoms with E-state index in [1.54, 1.807) is 12.1 Å². The molecule has 0 aromatic heterocycles. The first-order chi connectivity index (χ1) is 10.4. The largest absolute Gasteiger partial charge is 0.481 e. The number of carbonyl (C=O) groups is 2. The van der Waals surface area contributed by atoms with Crippen LogP contribution in [0.2, 0.25) is 0 Å². The first-order valence-corrected chi connectivity index (χ1v) is 7.39. The normalized spacial score (nSPS) is 12.0. The molecule has 3 N–H and O–H groups in total. The molecule has 0 spiro atoms. The molecule has 1 unspecified atom stereocenters. The topological polar surface area (TPSA) is 78.4 Å². The standard InChI is InChI=1S/C16H23FN2O3/c1-11(2)14(10-12-5-7-13(17)8-6-12)19-16(22)18-9-3-4-15(20)21/h5-8,11,14H,3-4,9-10H2,1-2H3,(H,20,21)(H2,18,19,22). The van der Waals surface area contributed by atoms with E-state index in [1.165, 1.54) is 12.1 Å². The van der Waals surface area contributed by atoms with Crippen LogP contribution in [0.4, 0.5) is 9.18 Å². The maximum absolute atomic E-state index is 12.9. The molecular weight excluding hydrogens is 287 g/mol. The van der Waals surface area contributed by atoms with Gasteiger partial charge in [0.25, 0.3) is 0 Å². The SMILES string of the molecule is CC(C)C(Cc1ccc(F)cc1)NC(=O)NCCCC(=O)O. The van der Waals surface area contributed by atoms with Crippen LogP contribution in [-0.4, -0.2) is 29.7 Å². The lowest BCUT2D eigenvalue weighted by molar-refractivity contribution is -0.137. The summed E-state index contributed by atoms with van der Waals surface area (Å²) >= 11 is 0. The fourth-order valence-corrected chi connectivity index (χ4v) is 1.99. The number of hydrogen-bond donors (Lipinski definition) is 3. The lowest BCUT2D eigenvalue weighted by Gasteiger charge is -2.22. The molecule has 0 radical (unpaired) electrons. The number of benzene rings is 1. The Balaban J connectivity index is 2.44. The quantitative estimate of drug-likeness (QED) is 0.646. The molecule has 0 saturated heterocycles. The van der Waals surface area contributed by atoms with Crippen molar-refractivity contribution in [2.45, 2.75) is 39.2 Å². The minimum atomic E-state index is -0.876. The molecule has 0 saturated carbocycles. The predicted octanol–water partition coefficient (Wildman–Crippen LogP) is 2.56. The second kappa shape index (κ2) is 9.02. The van der Waals surface area contributed by atoms with Crippen molar-refractivity contribution in [2.24, 2.45) is 5.92 Å². The van der Waals surface area contributed by atoms with Gasteiger partial charge in [0.15, 0.2) is 0 Å². The summed E-state index contributed by atoms with van der Waals surface area (Å²) in [5.74, 6) is -0.942. The Hall–Kier alpha value is -2.11. The monoisotopic (exact) mass is 310 g/mol. The number of amides is 2. The molecule has 0 aliphatic heterocycles. The molecular formula is C16H23FN2O3. The smallest absolute Gasteiger partial charge is 0.315 e. The molecule has 0 aliphatic carbocycles. The van der Waals surface area contributed by atoms with E-state index < -0.39 is 5.97 Å². The van der Waals surface area contributed by atoms with Crippen LogP contribution in [0.15, 0.2) is 24.3 Å². The minimum absolute atomic E-state index is 0.0312. The van der Waals surface area contributed by atoms with Crippen LogP contribution in [0, 0.1) is 11.7 Å². The van der Waals surface area contributed by atoms with Crippen molar-refractivity contribution in [3.8, 4) is 0 Å². The molecule has 1 aromatic rings. The number of nitrogens with one attached hydrogen (secondary N) is 2. The molecule has 5 nitrogen and oxygen atoms in total. The molecule has 6 heteroatoms. The summed E-state index contributed by atoms with van der Waals surface area (Å²) in [5.41, 5.74) is 0.950. The summed E-state index contributed by atoms with van der Waals surface area (Å²) in [6.07, 6.45) is 1.04. The van der Waals surface area contributed by atoms with Crippen molar-refractivity contribution in [1.29, 1.82) is 0 Å². The Bertz CT molecular complexity index is 489. The van der Waals surface area contributed by atoms with E-state index in [1.807, 2.05) is 13.8 Å². The number of urea groups is 1. The third-order valence-corrected chi connectivity index (χ3v) is 3.34. The molecule has 0 aliphatic rings. The van der Waals surface area contributed by atoms with Crippen LogP contribution in [0.3, 0.4) is 0 Å². The summed E-state index contributed by atoms with van der Waals surface area (Å²) in [4.78, 5) is 22.2. The molecule has 22 heavy (non-hydrogen) atoms. The Kier molecular flexibility index (Phi) is 7.36. The van der Waals surface area contributed by atoms with Crippen molar-refractivity contribution in [3.63, 3.8) is 0 Å². The van der Waals surface area contributed by atoms with Gasteiger partial charge in [0, 0.05) is 19.0 Å². The Labute approximate surface area is 129 Å². The van der Waals surface area contributed by atoms with Crippen LogP contribution in [-0.2, 0) is 11.2 Å². The summed E-state index contributed by atoms with van der Waals surface area (Å²) in [7, 11) is 0. The molecule has 0 bridgehead atoms. The third-order valence-electron chi connectivity index (χ3n) is 3.34. The number of halogens is 1. The Morgan fingerprint density at radius 1 is 1.23 bits per heavy atom. The second-order valence-corrected chi connectivity index (χ2v) is 5.58. The number of rotatable bonds is 8. The molecule has 122 valence electrons. The van der Waals surface area contributed by atoms with Crippen LogP contribution in [0.25, 0.3) is 0 Å². The zero-order chi connectivity index (χ0) is 16.5. The van der Waals surface area contributed by atoms with Crippen molar-refractivity contribution in [2.75, 3.05) is 6.54 Å². The van der Waals surface area contributed by atoms with Gasteiger partial charge in [0.2, 0.25) is 0 Å². The van der Waals surface area contributed by atoms with Crippen molar-refractivity contribution < 1.29 is 19.1 Å². The molecule has 0 heterocycles. The van der Waals surface area contributed by atoms with E-state index in [0.717, 1.165) is 5.56 Å². The Morgan fingerprint density at radius 3 is 2.41 bits per heavy atom. The fraction of sp³-hybridized carbons (Fsp3) is 0.500. The van der Waals surface area contributed by atoms with E-state index in [0.29, 0.717) is 19.4 Å². The van der Waals surface area contributed by atoms with Gasteiger partial charge in [0.1, 0.15) is 5.82 Å². The maximum Gasteiger partial charge on any atom is 0.315 e. The first kappa shape index (κ1) is 17.9. The average Bonchev–Trinajstić information content (AvgIpc) is 2.45. The highest BCUT2D eigenvalue weighted by Crippen LogP contribution is 2.11. The zero-order valence-corrected chi connectivity index (χ0v) is 12.9. The lowest BCUT2D eigenvalue weighted by atomic mass is 9.96. The van der Waals surface area contributed by atoms with Gasteiger partial charge in [-0.2, -0.15) is 0 Å². The van der Waals surface area contributed by atoms with Gasteiger partial charge in [-0.15, -0.1) is 0 Å². The Morgan fingerprint density at radius 2 is 1.86 bits per heavy atom. The molecule has 0 fully saturated rings. The van der Waals surface area contributed by atoms with Crippen molar-refractivity contribution in [1.82, 2.24) is 10.6 Å². The van der Waals surface area contributed by atoms with E-state index in [4.69, 9.17) is 5.11 Å². The minimum Gasteiger partial charge on any atom is -0.481 e. The van der Waals surface area contributed by atoms with E-state index in [-0.39, 0.29) is 30.2 Å². The van der Waals surface area contributed by atoms with Gasteiger partial charge in [0.05, 0.1) is 0 Å². The van der Waals surface area contributed by atoms with Gasteiger partial charge in [-0.1, -0.05) is 26.0 Å². The maximum atomic E-state index is 12.9. The summed E-state index contributed by atoms with van der Waals surface area (Å²) in [6, 6.07) is 5.82. The number of aliphatic carboxylic acids is 1. The number of carboxylic acids is 1. The predicted molar refractivity (Wildman–Crippen MR) is 82.1 cm³/mol. The van der Waals surface area contributed by atoms with Gasteiger partial charge < -0.3 is 15.7 Å². The summed E-state index contributed by atoms with van der Waals surface area (Å²) in [5, 5.41) is 14.0. The first-order valence-electron chi connectivity index (χ1n) is 7.39. The van der Waals surface area contributed by atoms with Gasteiger partial charge in [-0.25, -0.2) is 9.18 Å². The molecule has 2 amide bonds. The molecule has 1 atom stereocenters. The third kappa shape index (κ3) is 7.06. The number of hydrogen-bond acceptors (Lipinski definition) is 2. The summed E-state index contributed by atoms with van der Waals surface area (Å²) in [6.45, 7) is 4.32. The van der Waals surface area contributed by atoms with Crippen molar-refractivity contribution in [3.05, 3.63) is 35.6 Å². The highest BCUT2D eigenvalue weighted by molar-refractivity contribution is 5.74.